The van der Waals surface area contributed by atoms with Crippen molar-refractivity contribution in [1.82, 2.24) is 15.3 Å². The van der Waals surface area contributed by atoms with Gasteiger partial charge in [-0.3, -0.25) is 0 Å². The third-order valence-corrected chi connectivity index (χ3v) is 3.65. The molecule has 1 atom stereocenters. The molecule has 18 heavy (non-hydrogen) atoms. The van der Waals surface area contributed by atoms with Crippen molar-refractivity contribution in [3.63, 3.8) is 0 Å². The van der Waals surface area contributed by atoms with E-state index in [1.165, 1.54) is 19.4 Å². The van der Waals surface area contributed by atoms with Gasteiger partial charge in [-0.25, -0.2) is 9.97 Å². The Bertz CT molecular complexity index is 361. The lowest BCUT2D eigenvalue weighted by molar-refractivity contribution is 0.377. The molecule has 0 aromatic carbocycles. The van der Waals surface area contributed by atoms with Gasteiger partial charge in [0.25, 0.3) is 0 Å². The van der Waals surface area contributed by atoms with Gasteiger partial charge in [0.2, 0.25) is 0 Å². The molecule has 1 aromatic heterocycles. The van der Waals surface area contributed by atoms with Crippen molar-refractivity contribution in [1.29, 1.82) is 0 Å². The first kappa shape index (κ1) is 13.3. The molecule has 0 spiro atoms. The van der Waals surface area contributed by atoms with E-state index in [0.29, 0.717) is 0 Å². The van der Waals surface area contributed by atoms with Crippen LogP contribution in [0, 0.1) is 5.92 Å². The zero-order chi connectivity index (χ0) is 12.8. The molecule has 1 aromatic rings. The summed E-state index contributed by atoms with van der Waals surface area (Å²) < 4.78 is 0. The normalized spacial score (nSPS) is 19.8. The monoisotopic (exact) mass is 248 g/mol. The Labute approximate surface area is 110 Å². The summed E-state index contributed by atoms with van der Waals surface area (Å²) in [6.07, 6.45) is 5.29. The summed E-state index contributed by atoms with van der Waals surface area (Å²) >= 11 is 0. The highest BCUT2D eigenvalue weighted by Gasteiger charge is 2.17. The Morgan fingerprint density at radius 3 is 2.94 bits per heavy atom. The lowest BCUT2D eigenvalue weighted by atomic mass is 9.99. The van der Waals surface area contributed by atoms with Crippen molar-refractivity contribution < 1.29 is 0 Å². The van der Waals surface area contributed by atoms with Gasteiger partial charge in [-0.05, 0) is 45.2 Å². The average molecular weight is 248 g/mol. The molecular weight excluding hydrogens is 224 g/mol. The fourth-order valence-electron chi connectivity index (χ4n) is 2.53. The fraction of sp³-hybridized carbons (Fsp3) is 0.714. The van der Waals surface area contributed by atoms with Gasteiger partial charge >= 0.3 is 0 Å². The van der Waals surface area contributed by atoms with Crippen molar-refractivity contribution in [3.05, 3.63) is 18.1 Å². The maximum absolute atomic E-state index is 4.42. The van der Waals surface area contributed by atoms with Crippen LogP contribution in [0.3, 0.4) is 0 Å². The Morgan fingerprint density at radius 2 is 2.28 bits per heavy atom. The number of aromatic nitrogens is 2. The summed E-state index contributed by atoms with van der Waals surface area (Å²) in [4.78, 5) is 11.1. The molecule has 1 fully saturated rings. The Balaban J connectivity index is 2.02. The Hall–Kier alpha value is -1.16. The van der Waals surface area contributed by atoms with E-state index in [2.05, 4.69) is 40.1 Å². The highest BCUT2D eigenvalue weighted by Crippen LogP contribution is 2.17. The zero-order valence-electron chi connectivity index (χ0n) is 11.5. The molecule has 100 valence electrons. The molecular formula is C14H24N4. The fourth-order valence-corrected chi connectivity index (χ4v) is 2.53. The van der Waals surface area contributed by atoms with Crippen LogP contribution in [0.1, 0.15) is 32.4 Å². The predicted molar refractivity (Wildman–Crippen MR) is 74.9 cm³/mol. The first-order valence-electron chi connectivity index (χ1n) is 7.10. The molecule has 0 saturated carbocycles. The number of nitrogens with one attached hydrogen (secondary N) is 1. The lowest BCUT2D eigenvalue weighted by Crippen LogP contribution is -2.38. The molecule has 0 bridgehead atoms. The van der Waals surface area contributed by atoms with Gasteiger partial charge in [0.1, 0.15) is 12.1 Å². The van der Waals surface area contributed by atoms with E-state index in [4.69, 9.17) is 0 Å². The Morgan fingerprint density at radius 1 is 1.39 bits per heavy atom. The number of hydrogen-bond donors (Lipinski definition) is 1. The molecule has 4 heteroatoms. The van der Waals surface area contributed by atoms with E-state index < -0.39 is 0 Å². The summed E-state index contributed by atoms with van der Waals surface area (Å²) in [7, 11) is 0. The van der Waals surface area contributed by atoms with Crippen LogP contribution in [0.15, 0.2) is 12.4 Å². The first-order valence-corrected chi connectivity index (χ1v) is 7.10. The molecule has 1 unspecified atom stereocenters. The maximum atomic E-state index is 4.42. The minimum Gasteiger partial charge on any atom is -0.356 e. The second-order valence-electron chi connectivity index (χ2n) is 4.97. The standard InChI is InChI=1S/C14H24N4/c1-3-13-8-14(17-11-16-13)18(4-2)10-12-6-5-7-15-9-12/h8,11-12,15H,3-7,9-10H2,1-2H3. The summed E-state index contributed by atoms with van der Waals surface area (Å²) in [5.74, 6) is 1.83. The molecule has 1 saturated heterocycles. The van der Waals surface area contributed by atoms with Crippen LogP contribution in [-0.4, -0.2) is 36.1 Å². The number of anilines is 1. The number of rotatable bonds is 5. The SMILES string of the molecule is CCc1cc(N(CC)CC2CCCNC2)ncn1. The van der Waals surface area contributed by atoms with E-state index >= 15 is 0 Å². The number of aryl methyl sites for hydroxylation is 1. The van der Waals surface area contributed by atoms with Gasteiger partial charge in [0, 0.05) is 24.8 Å². The van der Waals surface area contributed by atoms with Crippen LogP contribution in [0.4, 0.5) is 5.82 Å². The van der Waals surface area contributed by atoms with Gasteiger partial charge in [-0.15, -0.1) is 0 Å². The largest absolute Gasteiger partial charge is 0.356 e. The molecule has 4 nitrogen and oxygen atoms in total. The first-order chi connectivity index (χ1) is 8.83. The average Bonchev–Trinajstić information content (AvgIpc) is 2.46. The predicted octanol–water partition coefficient (Wildman–Crippen LogP) is 1.86. The lowest BCUT2D eigenvalue weighted by Gasteiger charge is -2.30. The molecule has 0 radical (unpaired) electrons. The van der Waals surface area contributed by atoms with Crippen molar-refractivity contribution in [3.8, 4) is 0 Å². The van der Waals surface area contributed by atoms with Gasteiger partial charge < -0.3 is 10.2 Å². The van der Waals surface area contributed by atoms with Crippen LogP contribution in [-0.2, 0) is 6.42 Å². The van der Waals surface area contributed by atoms with Crippen LogP contribution < -0.4 is 10.2 Å². The maximum Gasteiger partial charge on any atom is 0.132 e. The second kappa shape index (κ2) is 6.69. The van der Waals surface area contributed by atoms with Crippen molar-refractivity contribution >= 4 is 5.82 Å². The molecule has 1 aliphatic rings. The van der Waals surface area contributed by atoms with E-state index in [-0.39, 0.29) is 0 Å². The summed E-state index contributed by atoms with van der Waals surface area (Å²) in [5, 5.41) is 3.48. The summed E-state index contributed by atoms with van der Waals surface area (Å²) in [6, 6.07) is 2.12. The second-order valence-corrected chi connectivity index (χ2v) is 4.97. The Kier molecular flexibility index (Phi) is 4.93. The highest BCUT2D eigenvalue weighted by atomic mass is 15.2. The number of piperidine rings is 1. The minimum absolute atomic E-state index is 0.749. The summed E-state index contributed by atoms with van der Waals surface area (Å²) in [5.41, 5.74) is 1.13. The van der Waals surface area contributed by atoms with Gasteiger partial charge in [-0.2, -0.15) is 0 Å². The zero-order valence-corrected chi connectivity index (χ0v) is 11.5. The third kappa shape index (κ3) is 3.42. The van der Waals surface area contributed by atoms with Gasteiger partial charge in [0.15, 0.2) is 0 Å². The molecule has 0 aliphatic carbocycles. The molecule has 1 N–H and O–H groups in total. The molecule has 2 rings (SSSR count). The number of hydrogen-bond acceptors (Lipinski definition) is 4. The molecule has 2 heterocycles. The highest BCUT2D eigenvalue weighted by molar-refractivity contribution is 5.38. The molecule has 0 amide bonds. The number of nitrogens with zero attached hydrogens (tertiary/aromatic N) is 3. The van der Waals surface area contributed by atoms with Crippen LogP contribution >= 0.6 is 0 Å². The van der Waals surface area contributed by atoms with Crippen molar-refractivity contribution in [2.75, 3.05) is 31.1 Å². The minimum atomic E-state index is 0.749. The quantitative estimate of drug-likeness (QED) is 0.863. The van der Waals surface area contributed by atoms with Gasteiger partial charge in [-0.1, -0.05) is 6.92 Å². The summed E-state index contributed by atoms with van der Waals surface area (Å²) in [6.45, 7) is 8.76. The topological polar surface area (TPSA) is 41.0 Å². The van der Waals surface area contributed by atoms with Crippen LogP contribution in [0.2, 0.25) is 0 Å². The van der Waals surface area contributed by atoms with E-state index in [9.17, 15) is 0 Å². The van der Waals surface area contributed by atoms with E-state index in [1.807, 2.05) is 0 Å². The van der Waals surface area contributed by atoms with Gasteiger partial charge in [0.05, 0.1) is 0 Å². The van der Waals surface area contributed by atoms with Crippen LogP contribution in [0.5, 0.6) is 0 Å². The van der Waals surface area contributed by atoms with Crippen molar-refractivity contribution in [2.45, 2.75) is 33.1 Å². The van der Waals surface area contributed by atoms with Crippen molar-refractivity contribution in [2.24, 2.45) is 5.92 Å². The molecule has 1 aliphatic heterocycles. The van der Waals surface area contributed by atoms with Crippen LogP contribution in [0.25, 0.3) is 0 Å². The third-order valence-electron chi connectivity index (χ3n) is 3.65. The van der Waals surface area contributed by atoms with E-state index in [1.54, 1.807) is 6.33 Å². The van der Waals surface area contributed by atoms with E-state index in [0.717, 1.165) is 43.5 Å². The smallest absolute Gasteiger partial charge is 0.132 e.